The maximum absolute atomic E-state index is 11.3. The van der Waals surface area contributed by atoms with E-state index >= 15 is 0 Å². The van der Waals surface area contributed by atoms with Gasteiger partial charge in [0.15, 0.2) is 7.60 Å². The molecule has 0 aliphatic carbocycles. The summed E-state index contributed by atoms with van der Waals surface area (Å²) >= 11 is 0. The summed E-state index contributed by atoms with van der Waals surface area (Å²) in [6.45, 7) is 13.3. The van der Waals surface area contributed by atoms with Crippen molar-refractivity contribution in [3.05, 3.63) is 29.8 Å². The lowest BCUT2D eigenvalue weighted by Gasteiger charge is -2.22. The summed E-state index contributed by atoms with van der Waals surface area (Å²) < 4.78 is 16.0. The van der Waals surface area contributed by atoms with E-state index < -0.39 is 14.9 Å². The molecule has 0 heterocycles. The third-order valence-electron chi connectivity index (χ3n) is 4.80. The fourth-order valence-electron chi connectivity index (χ4n) is 2.93. The van der Waals surface area contributed by atoms with E-state index in [0.29, 0.717) is 0 Å². The standard InChI is InChI=1S/C13H30P.C9H13O3P/c1-5-8-11-14(4,12-9-6-2)13-10-7-3;1-3-12-13(10,11)9-6-4-8(2)5-7-9/h5-13H2,1-4H3;4-7H,3H2,1-2H3,(H,10,11)/q+1;/p-1. The van der Waals surface area contributed by atoms with Crippen molar-refractivity contribution in [1.29, 1.82) is 0 Å². The largest absolute Gasteiger partial charge is 0.775 e. The summed E-state index contributed by atoms with van der Waals surface area (Å²) in [6, 6.07) is 6.61. The van der Waals surface area contributed by atoms with E-state index in [2.05, 4.69) is 32.0 Å². The van der Waals surface area contributed by atoms with Gasteiger partial charge in [-0.2, -0.15) is 0 Å². The third kappa shape index (κ3) is 12.1. The Kier molecular flexibility index (Phi) is 14.6. The van der Waals surface area contributed by atoms with Crippen LogP contribution in [0.15, 0.2) is 24.3 Å². The molecule has 5 heteroatoms. The lowest BCUT2D eigenvalue weighted by atomic mass is 10.2. The van der Waals surface area contributed by atoms with Crippen LogP contribution in [-0.4, -0.2) is 31.8 Å². The van der Waals surface area contributed by atoms with Gasteiger partial charge in [-0.1, -0.05) is 69.9 Å². The van der Waals surface area contributed by atoms with Gasteiger partial charge in [-0.15, -0.1) is 0 Å². The van der Waals surface area contributed by atoms with Crippen LogP contribution in [0.1, 0.15) is 71.8 Å². The van der Waals surface area contributed by atoms with Gasteiger partial charge in [0.2, 0.25) is 0 Å². The van der Waals surface area contributed by atoms with E-state index in [1.807, 2.05) is 6.92 Å². The number of unbranched alkanes of at least 4 members (excludes halogenated alkanes) is 3. The topological polar surface area (TPSA) is 49.4 Å². The molecule has 0 fully saturated rings. The molecule has 0 radical (unpaired) electrons. The molecule has 0 spiro atoms. The summed E-state index contributed by atoms with van der Waals surface area (Å²) in [5.74, 6) is 0. The quantitative estimate of drug-likeness (QED) is 0.379. The van der Waals surface area contributed by atoms with Gasteiger partial charge in [-0.3, -0.25) is 0 Å². The van der Waals surface area contributed by atoms with Crippen molar-refractivity contribution in [2.75, 3.05) is 31.8 Å². The zero-order chi connectivity index (χ0) is 20.8. The van der Waals surface area contributed by atoms with Gasteiger partial charge in [0.25, 0.3) is 0 Å². The van der Waals surface area contributed by atoms with Crippen LogP contribution in [0.3, 0.4) is 0 Å². The fourth-order valence-corrected chi connectivity index (χ4v) is 7.84. The van der Waals surface area contributed by atoms with Crippen molar-refractivity contribution in [1.82, 2.24) is 0 Å². The molecule has 0 aromatic heterocycles. The smallest absolute Gasteiger partial charge is 0.165 e. The molecular weight excluding hydrogens is 374 g/mol. The molecule has 1 atom stereocenters. The van der Waals surface area contributed by atoms with Gasteiger partial charge in [-0.25, -0.2) is 0 Å². The zero-order valence-electron chi connectivity index (χ0n) is 18.5. The van der Waals surface area contributed by atoms with Crippen molar-refractivity contribution in [2.24, 2.45) is 0 Å². The van der Waals surface area contributed by atoms with Crippen LogP contribution in [-0.2, 0) is 9.09 Å². The summed E-state index contributed by atoms with van der Waals surface area (Å²) in [5, 5.41) is 0.236. The Balaban J connectivity index is 0.000000501. The molecule has 1 unspecified atom stereocenters. The van der Waals surface area contributed by atoms with Crippen LogP contribution in [0.25, 0.3) is 0 Å². The highest BCUT2D eigenvalue weighted by Crippen LogP contribution is 2.57. The number of benzene rings is 1. The Morgan fingerprint density at radius 1 is 0.889 bits per heavy atom. The molecule has 27 heavy (non-hydrogen) atoms. The second-order valence-electron chi connectivity index (χ2n) is 7.60. The molecule has 1 rings (SSSR count). The molecule has 3 nitrogen and oxygen atoms in total. The molecule has 0 saturated heterocycles. The maximum Gasteiger partial charge on any atom is 0.165 e. The first kappa shape index (κ1) is 26.8. The Morgan fingerprint density at radius 2 is 1.30 bits per heavy atom. The fraction of sp³-hybridized carbons (Fsp3) is 0.727. The van der Waals surface area contributed by atoms with Crippen LogP contribution >= 0.6 is 14.9 Å². The predicted molar refractivity (Wildman–Crippen MR) is 122 cm³/mol. The summed E-state index contributed by atoms with van der Waals surface area (Å²) in [7, 11) is -4.33. The van der Waals surface area contributed by atoms with Crippen molar-refractivity contribution < 1.29 is 14.0 Å². The number of aryl methyl sites for hydroxylation is 1. The molecule has 0 amide bonds. The van der Waals surface area contributed by atoms with Gasteiger partial charge < -0.3 is 14.0 Å². The van der Waals surface area contributed by atoms with Crippen molar-refractivity contribution in [3.63, 3.8) is 0 Å². The monoisotopic (exact) mass is 416 g/mol. The summed E-state index contributed by atoms with van der Waals surface area (Å²) in [6.07, 6.45) is 13.2. The first-order valence-corrected chi connectivity index (χ1v) is 14.9. The predicted octanol–water partition coefficient (Wildman–Crippen LogP) is 6.24. The van der Waals surface area contributed by atoms with E-state index in [1.165, 1.54) is 38.5 Å². The highest BCUT2D eigenvalue weighted by atomic mass is 31.2. The first-order valence-electron chi connectivity index (χ1n) is 10.6. The molecule has 0 bridgehead atoms. The van der Waals surface area contributed by atoms with Crippen LogP contribution in [0.5, 0.6) is 0 Å². The minimum Gasteiger partial charge on any atom is -0.775 e. The zero-order valence-corrected chi connectivity index (χ0v) is 20.3. The molecule has 0 N–H and O–H groups in total. The van der Waals surface area contributed by atoms with E-state index in [9.17, 15) is 9.46 Å². The molecule has 0 aliphatic heterocycles. The van der Waals surface area contributed by atoms with E-state index in [0.717, 1.165) is 5.56 Å². The van der Waals surface area contributed by atoms with Gasteiger partial charge in [0.1, 0.15) is 0 Å². The number of hydrogen-bond acceptors (Lipinski definition) is 3. The second kappa shape index (κ2) is 14.7. The molecule has 0 saturated carbocycles. The third-order valence-corrected chi connectivity index (χ3v) is 10.5. The van der Waals surface area contributed by atoms with Gasteiger partial charge in [0.05, 0.1) is 25.1 Å². The number of hydrogen-bond donors (Lipinski definition) is 0. The Hall–Kier alpha value is -0.200. The highest BCUT2D eigenvalue weighted by Gasteiger charge is 2.28. The van der Waals surface area contributed by atoms with E-state index in [-0.39, 0.29) is 11.9 Å². The highest BCUT2D eigenvalue weighted by molar-refractivity contribution is 7.75. The van der Waals surface area contributed by atoms with Crippen LogP contribution in [0.2, 0.25) is 0 Å². The first-order chi connectivity index (χ1) is 12.7. The lowest BCUT2D eigenvalue weighted by molar-refractivity contribution is -0.193. The second-order valence-corrected chi connectivity index (χ2v) is 14.0. The summed E-state index contributed by atoms with van der Waals surface area (Å²) in [4.78, 5) is 11.3. The van der Waals surface area contributed by atoms with Crippen molar-refractivity contribution in [2.45, 2.75) is 73.1 Å². The minimum atomic E-state index is -3.81. The molecule has 1 aromatic carbocycles. The minimum absolute atomic E-state index is 0.175. The maximum atomic E-state index is 11.3. The van der Waals surface area contributed by atoms with Crippen LogP contribution in [0.4, 0.5) is 0 Å². The average Bonchev–Trinajstić information content (AvgIpc) is 2.64. The normalized spacial score (nSPS) is 13.6. The average molecular weight is 417 g/mol. The van der Waals surface area contributed by atoms with Crippen LogP contribution in [0, 0.1) is 6.92 Å². The van der Waals surface area contributed by atoms with Gasteiger partial charge in [-0.05, 0) is 33.1 Å². The van der Waals surface area contributed by atoms with E-state index in [4.69, 9.17) is 0 Å². The van der Waals surface area contributed by atoms with Crippen LogP contribution < -0.4 is 10.2 Å². The number of rotatable bonds is 12. The van der Waals surface area contributed by atoms with Crippen molar-refractivity contribution >= 4 is 20.2 Å². The molecular formula is C22H42O3P2. The Morgan fingerprint density at radius 3 is 1.63 bits per heavy atom. The summed E-state index contributed by atoms with van der Waals surface area (Å²) in [5.41, 5.74) is 1.03. The molecule has 0 aliphatic rings. The SMILES string of the molecule is CCCC[P+](C)(CCCC)CCCC.CCOP(=O)([O-])c1ccc(C)cc1. The Labute approximate surface area is 169 Å². The van der Waals surface area contributed by atoms with Gasteiger partial charge >= 0.3 is 0 Å². The molecule has 158 valence electrons. The lowest BCUT2D eigenvalue weighted by Crippen LogP contribution is -2.17. The van der Waals surface area contributed by atoms with E-state index in [1.54, 1.807) is 49.7 Å². The molecule has 1 aromatic rings. The van der Waals surface area contributed by atoms with Gasteiger partial charge in [0, 0.05) is 19.2 Å². The Bertz CT molecular complexity index is 507. The van der Waals surface area contributed by atoms with Crippen molar-refractivity contribution in [3.8, 4) is 0 Å².